The first kappa shape index (κ1) is 46.2. The van der Waals surface area contributed by atoms with Gasteiger partial charge in [-0.2, -0.15) is 0 Å². The predicted molar refractivity (Wildman–Crippen MR) is 198 cm³/mol. The smallest absolute Gasteiger partial charge is 0.387 e. The highest BCUT2D eigenvalue weighted by atomic mass is 31.2. The molecule has 9 heteroatoms. The van der Waals surface area contributed by atoms with Gasteiger partial charge in [0.1, 0.15) is 0 Å². The van der Waals surface area contributed by atoms with Gasteiger partial charge in [0.05, 0.1) is 25.4 Å². The molecule has 0 spiro atoms. The Morgan fingerprint density at radius 2 is 1.09 bits per heavy atom. The maximum absolute atomic E-state index is 12.7. The summed E-state index contributed by atoms with van der Waals surface area (Å²) in [6.07, 6.45) is 36.8. The average molecular weight is 689 g/mol. The number of rotatable bonds is 37. The van der Waals surface area contributed by atoms with Crippen LogP contribution in [-0.4, -0.2) is 47.8 Å². The van der Waals surface area contributed by atoms with Gasteiger partial charge in [-0.3, -0.25) is 13.8 Å². The van der Waals surface area contributed by atoms with E-state index in [0.29, 0.717) is 6.42 Å². The lowest BCUT2D eigenvalue weighted by Gasteiger charge is -2.23. The third-order valence-electron chi connectivity index (χ3n) is 8.86. The van der Waals surface area contributed by atoms with Crippen LogP contribution in [0.25, 0.3) is 0 Å². The van der Waals surface area contributed by atoms with Gasteiger partial charge in [0.2, 0.25) is 5.91 Å². The summed E-state index contributed by atoms with van der Waals surface area (Å²) in [7, 11) is -4.33. The fraction of sp³-hybridized carbons (Fsp3) is 0.921. The molecule has 0 aliphatic carbocycles. The van der Waals surface area contributed by atoms with Gasteiger partial charge in [-0.05, 0) is 19.3 Å². The van der Waals surface area contributed by atoms with Crippen LogP contribution in [0.2, 0.25) is 0 Å². The molecular formula is C38H77N2O6P. The monoisotopic (exact) mass is 689 g/mol. The zero-order valence-electron chi connectivity index (χ0n) is 30.8. The van der Waals surface area contributed by atoms with Crippen LogP contribution in [0.15, 0.2) is 12.2 Å². The Kier molecular flexibility index (Phi) is 34.5. The van der Waals surface area contributed by atoms with Crippen molar-refractivity contribution in [1.29, 1.82) is 0 Å². The Hall–Kier alpha value is -0.760. The van der Waals surface area contributed by atoms with Gasteiger partial charge in [0, 0.05) is 13.0 Å². The molecule has 0 fully saturated rings. The number of carbonyl (C=O) groups is 1. The summed E-state index contributed by atoms with van der Waals surface area (Å²) in [6.45, 7) is 4.13. The lowest BCUT2D eigenvalue weighted by Crippen LogP contribution is -2.45. The maximum atomic E-state index is 12.7. The highest BCUT2D eigenvalue weighted by Crippen LogP contribution is 2.43. The Morgan fingerprint density at radius 3 is 1.51 bits per heavy atom. The van der Waals surface area contributed by atoms with E-state index in [4.69, 9.17) is 14.8 Å². The largest absolute Gasteiger partial charge is 0.472 e. The van der Waals surface area contributed by atoms with Gasteiger partial charge in [-0.25, -0.2) is 4.57 Å². The number of carbonyl (C=O) groups excluding carboxylic acids is 1. The standard InChI is InChI=1S/C38H77N2O6P/c1-3-5-7-9-11-13-15-17-18-20-22-24-26-28-30-32-38(42)40-36(35-46-47(43,44)45-34-33-39)37(41)31-29-27-25-23-21-19-16-14-12-10-8-6-4-2/h29,31,36-37,41H,3-28,30,32-35,39H2,1-2H3,(H,40,42)(H,43,44)/t36-,37+/m0/s1. The lowest BCUT2D eigenvalue weighted by atomic mass is 10.0. The van der Waals surface area contributed by atoms with Crippen molar-refractivity contribution in [3.05, 3.63) is 12.2 Å². The van der Waals surface area contributed by atoms with Crippen molar-refractivity contribution in [3.63, 3.8) is 0 Å². The second-order valence-corrected chi connectivity index (χ2v) is 15.0. The molecule has 0 aliphatic heterocycles. The first-order chi connectivity index (χ1) is 22.9. The number of nitrogens with two attached hydrogens (primary N) is 1. The third kappa shape index (κ3) is 33.5. The van der Waals surface area contributed by atoms with Crippen LogP contribution in [0.5, 0.6) is 0 Å². The van der Waals surface area contributed by atoms with E-state index in [0.717, 1.165) is 38.5 Å². The summed E-state index contributed by atoms with van der Waals surface area (Å²) in [5, 5.41) is 13.6. The van der Waals surface area contributed by atoms with E-state index in [1.807, 2.05) is 6.08 Å². The van der Waals surface area contributed by atoms with E-state index in [2.05, 4.69) is 19.2 Å². The van der Waals surface area contributed by atoms with Gasteiger partial charge in [-0.15, -0.1) is 0 Å². The Labute approximate surface area is 290 Å². The first-order valence-electron chi connectivity index (χ1n) is 19.8. The van der Waals surface area contributed by atoms with Crippen molar-refractivity contribution in [2.24, 2.45) is 5.73 Å². The van der Waals surface area contributed by atoms with E-state index in [1.54, 1.807) is 6.08 Å². The van der Waals surface area contributed by atoms with Gasteiger partial charge >= 0.3 is 7.82 Å². The van der Waals surface area contributed by atoms with E-state index < -0.39 is 20.0 Å². The third-order valence-corrected chi connectivity index (χ3v) is 9.85. The van der Waals surface area contributed by atoms with Crippen molar-refractivity contribution in [1.82, 2.24) is 5.32 Å². The molecule has 0 aromatic carbocycles. The molecule has 0 rings (SSSR count). The number of hydrogen-bond donors (Lipinski definition) is 4. The number of unbranched alkanes of at least 4 members (excludes halogenated alkanes) is 25. The number of phosphoric ester groups is 1. The molecule has 47 heavy (non-hydrogen) atoms. The van der Waals surface area contributed by atoms with Crippen LogP contribution in [0.3, 0.4) is 0 Å². The molecule has 3 atom stereocenters. The molecule has 0 saturated carbocycles. The Balaban J connectivity index is 4.26. The Morgan fingerprint density at radius 1 is 0.681 bits per heavy atom. The van der Waals surface area contributed by atoms with Crippen LogP contribution in [-0.2, 0) is 18.4 Å². The lowest BCUT2D eigenvalue weighted by molar-refractivity contribution is -0.123. The molecule has 0 aliphatic rings. The van der Waals surface area contributed by atoms with E-state index >= 15 is 0 Å². The van der Waals surface area contributed by atoms with Crippen LogP contribution < -0.4 is 11.1 Å². The number of aliphatic hydroxyl groups is 1. The second-order valence-electron chi connectivity index (χ2n) is 13.5. The van der Waals surface area contributed by atoms with Gasteiger partial charge in [-0.1, -0.05) is 180 Å². The van der Waals surface area contributed by atoms with Crippen molar-refractivity contribution in [3.8, 4) is 0 Å². The Bertz CT molecular complexity index is 754. The molecule has 8 nitrogen and oxygen atoms in total. The van der Waals surface area contributed by atoms with E-state index in [1.165, 1.54) is 135 Å². The number of nitrogens with one attached hydrogen (secondary N) is 1. The zero-order valence-corrected chi connectivity index (χ0v) is 31.7. The summed E-state index contributed by atoms with van der Waals surface area (Å²) in [4.78, 5) is 22.6. The highest BCUT2D eigenvalue weighted by molar-refractivity contribution is 7.47. The van der Waals surface area contributed by atoms with Gasteiger partial charge in [0.25, 0.3) is 0 Å². The van der Waals surface area contributed by atoms with Crippen LogP contribution in [0, 0.1) is 0 Å². The molecule has 0 aromatic heterocycles. The SMILES string of the molecule is CCCCCCCCCCCCCC=C[C@@H](O)[C@H](COP(=O)(O)OCCN)NC(=O)CCCCCCCCCCCCCCCCC. The van der Waals surface area contributed by atoms with Crippen molar-refractivity contribution in [2.45, 2.75) is 206 Å². The average Bonchev–Trinajstić information content (AvgIpc) is 3.05. The van der Waals surface area contributed by atoms with Crippen molar-refractivity contribution < 1.29 is 28.4 Å². The van der Waals surface area contributed by atoms with Gasteiger partial charge < -0.3 is 21.1 Å². The minimum absolute atomic E-state index is 0.0811. The van der Waals surface area contributed by atoms with Crippen LogP contribution in [0.4, 0.5) is 0 Å². The number of amides is 1. The minimum atomic E-state index is -4.33. The molecule has 1 amide bonds. The topological polar surface area (TPSA) is 131 Å². The van der Waals surface area contributed by atoms with Crippen LogP contribution in [0.1, 0.15) is 194 Å². The number of aliphatic hydroxyl groups excluding tert-OH is 1. The maximum Gasteiger partial charge on any atom is 0.472 e. The summed E-state index contributed by atoms with van der Waals surface area (Å²) in [5.41, 5.74) is 5.36. The molecular weight excluding hydrogens is 611 g/mol. The van der Waals surface area contributed by atoms with Crippen molar-refractivity contribution >= 4 is 13.7 Å². The molecule has 0 saturated heterocycles. The predicted octanol–water partition coefficient (Wildman–Crippen LogP) is 10.4. The quantitative estimate of drug-likeness (QED) is 0.0290. The summed E-state index contributed by atoms with van der Waals surface area (Å²) in [5.74, 6) is -0.193. The summed E-state index contributed by atoms with van der Waals surface area (Å²) >= 11 is 0. The molecule has 0 heterocycles. The van der Waals surface area contributed by atoms with Gasteiger partial charge in [0.15, 0.2) is 0 Å². The minimum Gasteiger partial charge on any atom is -0.387 e. The van der Waals surface area contributed by atoms with E-state index in [9.17, 15) is 19.4 Å². The molecule has 5 N–H and O–H groups in total. The van der Waals surface area contributed by atoms with E-state index in [-0.39, 0.29) is 25.7 Å². The zero-order chi connectivity index (χ0) is 34.7. The number of phosphoric acid groups is 1. The van der Waals surface area contributed by atoms with Crippen molar-refractivity contribution in [2.75, 3.05) is 19.8 Å². The number of allylic oxidation sites excluding steroid dienone is 1. The normalized spacial score (nSPS) is 14.4. The fourth-order valence-corrected chi connectivity index (χ4v) is 6.60. The molecule has 280 valence electrons. The van der Waals surface area contributed by atoms with Crippen LogP contribution >= 0.6 is 7.82 Å². The summed E-state index contributed by atoms with van der Waals surface area (Å²) < 4.78 is 22.0. The fourth-order valence-electron chi connectivity index (χ4n) is 5.84. The molecule has 0 bridgehead atoms. The highest BCUT2D eigenvalue weighted by Gasteiger charge is 2.26. The first-order valence-corrected chi connectivity index (χ1v) is 21.3. The number of hydrogen-bond acceptors (Lipinski definition) is 6. The molecule has 0 radical (unpaired) electrons. The summed E-state index contributed by atoms with van der Waals surface area (Å²) in [6, 6.07) is -0.852. The molecule has 1 unspecified atom stereocenters. The second kappa shape index (κ2) is 35.1. The molecule has 0 aromatic rings.